The molecular formula is C21H19N3O2. The number of nitrogens with one attached hydrogen (secondary N) is 2. The first-order valence-electron chi connectivity index (χ1n) is 8.45. The summed E-state index contributed by atoms with van der Waals surface area (Å²) in [6, 6.07) is 11.6. The Morgan fingerprint density at radius 2 is 1.92 bits per heavy atom. The first-order valence-corrected chi connectivity index (χ1v) is 8.45. The van der Waals surface area contributed by atoms with Crippen LogP contribution in [0.2, 0.25) is 0 Å². The predicted molar refractivity (Wildman–Crippen MR) is 102 cm³/mol. The Bertz CT molecular complexity index is 1110. The molecule has 0 fully saturated rings. The molecule has 0 aliphatic heterocycles. The summed E-state index contributed by atoms with van der Waals surface area (Å²) in [4.78, 5) is 20.1. The topological polar surface area (TPSA) is 70.9 Å². The lowest BCUT2D eigenvalue weighted by Gasteiger charge is -2.05. The number of rotatable bonds is 3. The molecule has 0 bridgehead atoms. The van der Waals surface area contributed by atoms with E-state index in [4.69, 9.17) is 4.42 Å². The minimum Gasteiger partial charge on any atom is -0.450 e. The molecule has 2 N–H and O–H groups in total. The van der Waals surface area contributed by atoms with Crippen LogP contribution < -0.4 is 5.32 Å². The second-order valence-electron chi connectivity index (χ2n) is 6.43. The van der Waals surface area contributed by atoms with Gasteiger partial charge in [-0.25, -0.2) is 4.98 Å². The number of benzene rings is 2. The van der Waals surface area contributed by atoms with Gasteiger partial charge in [0, 0.05) is 34.6 Å². The Balaban J connectivity index is 1.68. The number of hydrogen-bond acceptors (Lipinski definition) is 3. The van der Waals surface area contributed by atoms with Crippen LogP contribution in [0.25, 0.3) is 22.4 Å². The number of imidazole rings is 1. The molecule has 26 heavy (non-hydrogen) atoms. The number of H-pyrrole nitrogens is 1. The SMILES string of the molecule is Cc1ccc(C)c2c(C)c(C(=O)Nc3cccc(-c4ncc[nH]4)c3)oc12. The summed E-state index contributed by atoms with van der Waals surface area (Å²) in [5.74, 6) is 0.849. The highest BCUT2D eigenvalue weighted by molar-refractivity contribution is 6.07. The van der Waals surface area contributed by atoms with E-state index in [1.807, 2.05) is 51.1 Å². The molecule has 0 radical (unpaired) electrons. The minimum atomic E-state index is -0.255. The first kappa shape index (κ1) is 16.1. The Morgan fingerprint density at radius 1 is 1.12 bits per heavy atom. The Kier molecular flexibility index (Phi) is 3.84. The van der Waals surface area contributed by atoms with Crippen molar-refractivity contribution in [1.29, 1.82) is 0 Å². The van der Waals surface area contributed by atoms with Crippen LogP contribution in [0.15, 0.2) is 53.2 Å². The molecule has 0 unspecified atom stereocenters. The number of furan rings is 1. The second kappa shape index (κ2) is 6.19. The molecule has 0 aliphatic carbocycles. The van der Waals surface area contributed by atoms with Crippen LogP contribution in [0.3, 0.4) is 0 Å². The van der Waals surface area contributed by atoms with Crippen molar-refractivity contribution < 1.29 is 9.21 Å². The van der Waals surface area contributed by atoms with E-state index >= 15 is 0 Å². The zero-order chi connectivity index (χ0) is 18.3. The maximum Gasteiger partial charge on any atom is 0.291 e. The fourth-order valence-corrected chi connectivity index (χ4v) is 3.25. The zero-order valence-electron chi connectivity index (χ0n) is 14.9. The van der Waals surface area contributed by atoms with Gasteiger partial charge < -0.3 is 14.7 Å². The van der Waals surface area contributed by atoms with Crippen molar-refractivity contribution in [2.75, 3.05) is 5.32 Å². The Morgan fingerprint density at radius 3 is 2.65 bits per heavy atom. The van der Waals surface area contributed by atoms with Gasteiger partial charge in [-0.3, -0.25) is 4.79 Å². The summed E-state index contributed by atoms with van der Waals surface area (Å²) in [6.07, 6.45) is 3.46. The number of hydrogen-bond donors (Lipinski definition) is 2. The fourth-order valence-electron chi connectivity index (χ4n) is 3.25. The number of aryl methyl sites for hydroxylation is 3. The third-order valence-corrected chi connectivity index (χ3v) is 4.58. The van der Waals surface area contributed by atoms with Gasteiger partial charge in [0.25, 0.3) is 5.91 Å². The standard InChI is InChI=1S/C21H19N3O2/c1-12-7-8-13(2)18-17(12)14(3)19(26-18)21(25)24-16-6-4-5-15(11-16)20-22-9-10-23-20/h4-11H,1-3H3,(H,22,23)(H,24,25). The van der Waals surface area contributed by atoms with Gasteiger partial charge in [0.15, 0.2) is 5.76 Å². The molecule has 4 rings (SSSR count). The molecule has 0 atom stereocenters. The largest absolute Gasteiger partial charge is 0.450 e. The van der Waals surface area contributed by atoms with E-state index in [9.17, 15) is 4.79 Å². The molecule has 1 amide bonds. The van der Waals surface area contributed by atoms with Crippen LogP contribution in [0, 0.1) is 20.8 Å². The molecule has 0 spiro atoms. The van der Waals surface area contributed by atoms with Gasteiger partial charge in [0.2, 0.25) is 0 Å². The average Bonchev–Trinajstić information content (AvgIpc) is 3.27. The lowest BCUT2D eigenvalue weighted by atomic mass is 10.0. The average molecular weight is 345 g/mol. The van der Waals surface area contributed by atoms with Crippen LogP contribution in [0.1, 0.15) is 27.2 Å². The van der Waals surface area contributed by atoms with Crippen molar-refractivity contribution in [3.8, 4) is 11.4 Å². The Hall–Kier alpha value is -3.34. The molecule has 5 nitrogen and oxygen atoms in total. The van der Waals surface area contributed by atoms with Crippen LogP contribution in [0.5, 0.6) is 0 Å². The van der Waals surface area contributed by atoms with Crippen molar-refractivity contribution in [2.24, 2.45) is 0 Å². The summed E-state index contributed by atoms with van der Waals surface area (Å²) in [6.45, 7) is 5.94. The maximum atomic E-state index is 12.8. The predicted octanol–water partition coefficient (Wildman–Crippen LogP) is 5.00. The maximum absolute atomic E-state index is 12.8. The lowest BCUT2D eigenvalue weighted by molar-refractivity contribution is 0.0998. The number of anilines is 1. The molecule has 0 saturated heterocycles. The van der Waals surface area contributed by atoms with Crippen molar-refractivity contribution in [3.63, 3.8) is 0 Å². The monoisotopic (exact) mass is 345 g/mol. The number of aromatic amines is 1. The molecule has 4 aromatic rings. The van der Waals surface area contributed by atoms with E-state index in [1.54, 1.807) is 12.4 Å². The van der Waals surface area contributed by atoms with Gasteiger partial charge >= 0.3 is 0 Å². The van der Waals surface area contributed by atoms with Crippen LogP contribution in [-0.4, -0.2) is 15.9 Å². The molecule has 2 aromatic heterocycles. The van der Waals surface area contributed by atoms with E-state index in [0.717, 1.165) is 39.0 Å². The number of carbonyl (C=O) groups is 1. The molecule has 5 heteroatoms. The highest BCUT2D eigenvalue weighted by Crippen LogP contribution is 2.31. The van der Waals surface area contributed by atoms with Gasteiger partial charge in [-0.05, 0) is 44.0 Å². The van der Waals surface area contributed by atoms with Gasteiger partial charge in [0.1, 0.15) is 11.4 Å². The molecular weight excluding hydrogens is 326 g/mol. The van der Waals surface area contributed by atoms with Crippen molar-refractivity contribution in [3.05, 3.63) is 71.2 Å². The third kappa shape index (κ3) is 2.67. The van der Waals surface area contributed by atoms with E-state index in [0.29, 0.717) is 11.4 Å². The highest BCUT2D eigenvalue weighted by Gasteiger charge is 2.20. The van der Waals surface area contributed by atoms with Gasteiger partial charge in [0.05, 0.1) is 0 Å². The van der Waals surface area contributed by atoms with E-state index < -0.39 is 0 Å². The van der Waals surface area contributed by atoms with Crippen LogP contribution in [-0.2, 0) is 0 Å². The van der Waals surface area contributed by atoms with E-state index in [1.165, 1.54) is 0 Å². The van der Waals surface area contributed by atoms with Crippen LogP contribution >= 0.6 is 0 Å². The second-order valence-corrected chi connectivity index (χ2v) is 6.43. The van der Waals surface area contributed by atoms with Crippen molar-refractivity contribution >= 4 is 22.6 Å². The number of aromatic nitrogens is 2. The summed E-state index contributed by atoms with van der Waals surface area (Å²) in [7, 11) is 0. The first-order chi connectivity index (χ1) is 12.5. The summed E-state index contributed by atoms with van der Waals surface area (Å²) in [5, 5.41) is 3.94. The number of carbonyl (C=O) groups excluding carboxylic acids is 1. The smallest absolute Gasteiger partial charge is 0.291 e. The molecule has 0 saturated carbocycles. The number of nitrogens with zero attached hydrogens (tertiary/aromatic N) is 1. The van der Waals surface area contributed by atoms with Crippen LogP contribution in [0.4, 0.5) is 5.69 Å². The molecule has 130 valence electrons. The van der Waals surface area contributed by atoms with Crippen molar-refractivity contribution in [1.82, 2.24) is 9.97 Å². The minimum absolute atomic E-state index is 0.255. The van der Waals surface area contributed by atoms with Gasteiger partial charge in [-0.15, -0.1) is 0 Å². The summed E-state index contributed by atoms with van der Waals surface area (Å²) >= 11 is 0. The highest BCUT2D eigenvalue weighted by atomic mass is 16.3. The van der Waals surface area contributed by atoms with E-state index in [2.05, 4.69) is 21.4 Å². The summed E-state index contributed by atoms with van der Waals surface area (Å²) in [5.41, 5.74) is 5.36. The normalized spacial score (nSPS) is 11.0. The Labute approximate surface area is 151 Å². The van der Waals surface area contributed by atoms with Gasteiger partial charge in [-0.1, -0.05) is 24.3 Å². The summed E-state index contributed by atoms with van der Waals surface area (Å²) < 4.78 is 5.92. The fraction of sp³-hybridized carbons (Fsp3) is 0.143. The number of amides is 1. The van der Waals surface area contributed by atoms with Gasteiger partial charge in [-0.2, -0.15) is 0 Å². The van der Waals surface area contributed by atoms with Crippen molar-refractivity contribution in [2.45, 2.75) is 20.8 Å². The quantitative estimate of drug-likeness (QED) is 0.549. The number of fused-ring (bicyclic) bond motifs is 1. The zero-order valence-corrected chi connectivity index (χ0v) is 14.9. The third-order valence-electron chi connectivity index (χ3n) is 4.58. The lowest BCUT2D eigenvalue weighted by Crippen LogP contribution is -2.12. The van der Waals surface area contributed by atoms with E-state index in [-0.39, 0.29) is 5.91 Å². The molecule has 2 aromatic carbocycles. The molecule has 0 aliphatic rings. The molecule has 2 heterocycles.